The first-order chi connectivity index (χ1) is 33.0. The van der Waals surface area contributed by atoms with Crippen LogP contribution >= 0.6 is 34.0 Å². The van der Waals surface area contributed by atoms with Crippen molar-refractivity contribution in [1.29, 1.82) is 0 Å². The fourth-order valence-electron chi connectivity index (χ4n) is 8.44. The molecule has 3 aliphatic rings. The highest BCUT2D eigenvalue weighted by atomic mass is 32.2. The second-order valence-electron chi connectivity index (χ2n) is 17.1. The first kappa shape index (κ1) is 55.4. The topological polar surface area (TPSA) is 163 Å². The standard InChI is InChI=1S/3C15H12F4O3S2/c3*1-24(21,22)14-11-10(2-3-15(18,19)13(11)20)12(23-14)7-4-8(16)6-9(17)5-7/h3*4-6,13,20H,2-3H2,1H3/t2*13-;/m10./s1. The molecule has 3 aromatic carbocycles. The van der Waals surface area contributed by atoms with Gasteiger partial charge in [-0.25, -0.2) is 77.9 Å². The Bertz CT molecular complexity index is 3060. The van der Waals surface area contributed by atoms with E-state index >= 15 is 0 Å². The van der Waals surface area contributed by atoms with Crippen LogP contribution in [0.5, 0.6) is 0 Å². The molecule has 9 rings (SSSR count). The van der Waals surface area contributed by atoms with Crippen LogP contribution in [0.25, 0.3) is 31.3 Å². The fraction of sp³-hybridized carbons (Fsp3) is 0.333. The lowest BCUT2D eigenvalue weighted by Crippen LogP contribution is -2.32. The van der Waals surface area contributed by atoms with E-state index < -0.39 is 132 Å². The summed E-state index contributed by atoms with van der Waals surface area (Å²) in [6.07, 6.45) is -6.89. The number of hydrogen-bond donors (Lipinski definition) is 3. The number of alkyl halides is 6. The Kier molecular flexibility index (Phi) is 14.9. The van der Waals surface area contributed by atoms with Gasteiger partial charge in [-0.1, -0.05) is 0 Å². The van der Waals surface area contributed by atoms with Crippen molar-refractivity contribution in [3.05, 3.63) is 123 Å². The second kappa shape index (κ2) is 19.4. The maximum absolute atomic E-state index is 13.8. The summed E-state index contributed by atoms with van der Waals surface area (Å²) < 4.78 is 234. The van der Waals surface area contributed by atoms with Crippen molar-refractivity contribution in [2.24, 2.45) is 0 Å². The molecule has 390 valence electrons. The summed E-state index contributed by atoms with van der Waals surface area (Å²) in [5.74, 6) is -15.6. The van der Waals surface area contributed by atoms with E-state index in [0.717, 1.165) is 55.2 Å². The lowest BCUT2D eigenvalue weighted by atomic mass is 9.87. The van der Waals surface area contributed by atoms with Crippen molar-refractivity contribution >= 4 is 63.5 Å². The normalized spacial score (nSPS) is 20.0. The van der Waals surface area contributed by atoms with Gasteiger partial charge in [-0.3, -0.25) is 0 Å². The largest absolute Gasteiger partial charge is 0.382 e. The first-order valence-corrected chi connectivity index (χ1v) is 28.8. The summed E-state index contributed by atoms with van der Waals surface area (Å²) in [6, 6.07) is 7.97. The SMILES string of the molecule is CS(=O)(=O)c1sc(-c2cc(F)cc(F)c2)c2c1C(O)C(F)(F)CC2.CS(=O)(=O)c1sc(-c2cc(F)cc(F)c2)c2c1[C@@H](O)C(F)(F)CC2.CS(=O)(=O)c1sc(-c2cc(F)cc(F)c2)c2c1[C@H](O)C(F)(F)CC2. The monoisotopic (exact) mass is 1140 g/mol. The first-order valence-electron chi connectivity index (χ1n) is 20.7. The summed E-state index contributed by atoms with van der Waals surface area (Å²) in [4.78, 5) is 0.537. The van der Waals surface area contributed by atoms with Gasteiger partial charge in [0, 0.05) is 87.6 Å². The highest BCUT2D eigenvalue weighted by Gasteiger charge is 2.50. The highest BCUT2D eigenvalue weighted by molar-refractivity contribution is 7.93. The third-order valence-electron chi connectivity index (χ3n) is 11.6. The van der Waals surface area contributed by atoms with Crippen LogP contribution in [0.1, 0.15) is 71.0 Å². The quantitative estimate of drug-likeness (QED) is 0.138. The average Bonchev–Trinajstić information content (AvgIpc) is 3.95. The minimum atomic E-state index is -3.90. The molecule has 0 fully saturated rings. The number of rotatable bonds is 6. The zero-order chi connectivity index (χ0) is 53.6. The molecule has 27 heteroatoms. The smallest absolute Gasteiger partial charge is 0.277 e. The zero-order valence-corrected chi connectivity index (χ0v) is 41.8. The molecule has 72 heavy (non-hydrogen) atoms. The van der Waals surface area contributed by atoms with E-state index in [0.29, 0.717) is 52.2 Å². The third kappa shape index (κ3) is 11.0. The number of aliphatic hydroxyl groups excluding tert-OH is 3. The second-order valence-corrected chi connectivity index (χ2v) is 26.8. The molecule has 0 bridgehead atoms. The molecule has 0 aliphatic heterocycles. The van der Waals surface area contributed by atoms with Crippen molar-refractivity contribution in [2.75, 3.05) is 18.8 Å². The van der Waals surface area contributed by atoms with Crippen LogP contribution in [-0.4, -0.2) is 77.1 Å². The van der Waals surface area contributed by atoms with Gasteiger partial charge < -0.3 is 15.3 Å². The van der Waals surface area contributed by atoms with Crippen LogP contribution in [0.15, 0.2) is 67.2 Å². The minimum absolute atomic E-state index is 0.0565. The molecule has 0 saturated carbocycles. The van der Waals surface area contributed by atoms with Gasteiger partial charge in [0.15, 0.2) is 29.5 Å². The van der Waals surface area contributed by atoms with Crippen LogP contribution in [0, 0.1) is 34.9 Å². The van der Waals surface area contributed by atoms with Crippen LogP contribution < -0.4 is 0 Å². The molecule has 0 radical (unpaired) electrons. The van der Waals surface area contributed by atoms with Gasteiger partial charge in [0.25, 0.3) is 17.8 Å². The molecule has 0 amide bonds. The number of fused-ring (bicyclic) bond motifs is 3. The number of sulfone groups is 3. The van der Waals surface area contributed by atoms with E-state index in [-0.39, 0.29) is 84.0 Å². The van der Waals surface area contributed by atoms with Crippen molar-refractivity contribution in [2.45, 2.75) is 87.2 Å². The molecule has 6 aromatic rings. The van der Waals surface area contributed by atoms with Gasteiger partial charge in [0.2, 0.25) is 0 Å². The molecule has 3 aliphatic carbocycles. The average molecular weight is 1140 g/mol. The number of halogens is 12. The Morgan fingerprint density at radius 1 is 0.403 bits per heavy atom. The number of aliphatic hydroxyl groups is 3. The number of thiophene rings is 3. The summed E-state index contributed by atoms with van der Waals surface area (Å²) >= 11 is 1.93. The van der Waals surface area contributed by atoms with Crippen molar-refractivity contribution in [3.63, 3.8) is 0 Å². The van der Waals surface area contributed by atoms with Gasteiger partial charge in [-0.15, -0.1) is 34.0 Å². The van der Waals surface area contributed by atoms with Crippen LogP contribution in [0.2, 0.25) is 0 Å². The predicted octanol–water partition coefficient (Wildman–Crippen LogP) is 11.1. The Hall–Kier alpha value is -4.35. The van der Waals surface area contributed by atoms with Crippen LogP contribution in [0.3, 0.4) is 0 Å². The molecule has 3 N–H and O–H groups in total. The third-order valence-corrected chi connectivity index (χ3v) is 21.0. The van der Waals surface area contributed by atoms with Crippen molar-refractivity contribution in [3.8, 4) is 31.3 Å². The maximum atomic E-state index is 13.8. The van der Waals surface area contributed by atoms with Gasteiger partial charge in [-0.05, 0) is 89.0 Å². The molecule has 3 atom stereocenters. The summed E-state index contributed by atoms with van der Waals surface area (Å²) in [5, 5.41) is 29.8. The van der Waals surface area contributed by atoms with Crippen LogP contribution in [0.4, 0.5) is 52.7 Å². The Morgan fingerprint density at radius 2 is 0.597 bits per heavy atom. The van der Waals surface area contributed by atoms with Crippen LogP contribution in [-0.2, 0) is 48.8 Å². The van der Waals surface area contributed by atoms with Crippen molar-refractivity contribution in [1.82, 2.24) is 0 Å². The van der Waals surface area contributed by atoms with E-state index in [4.69, 9.17) is 0 Å². The lowest BCUT2D eigenvalue weighted by Gasteiger charge is -2.29. The van der Waals surface area contributed by atoms with Gasteiger partial charge in [-0.2, -0.15) is 0 Å². The molecular formula is C45H36F12O9S6. The maximum Gasteiger partial charge on any atom is 0.277 e. The summed E-state index contributed by atoms with van der Waals surface area (Å²) in [7, 11) is -11.7. The molecule has 9 nitrogen and oxygen atoms in total. The molecule has 0 spiro atoms. The van der Waals surface area contributed by atoms with Gasteiger partial charge >= 0.3 is 0 Å². The van der Waals surface area contributed by atoms with Gasteiger partial charge in [0.05, 0.1) is 0 Å². The van der Waals surface area contributed by atoms with Gasteiger partial charge in [0.1, 0.15) is 65.8 Å². The number of hydrogen-bond acceptors (Lipinski definition) is 12. The van der Waals surface area contributed by atoms with Crippen molar-refractivity contribution < 1.29 is 93.3 Å². The van der Waals surface area contributed by atoms with E-state index in [1.165, 1.54) is 0 Å². The lowest BCUT2D eigenvalue weighted by molar-refractivity contribution is -0.122. The van der Waals surface area contributed by atoms with E-state index in [9.17, 15) is 93.3 Å². The molecule has 1 unspecified atom stereocenters. The molecule has 0 saturated heterocycles. The van der Waals surface area contributed by atoms with E-state index in [2.05, 4.69) is 0 Å². The highest BCUT2D eigenvalue weighted by Crippen LogP contribution is 2.54. The van der Waals surface area contributed by atoms with E-state index in [1.807, 2.05) is 0 Å². The summed E-state index contributed by atoms with van der Waals surface area (Å²) in [5.41, 5.74) is -0.324. The van der Waals surface area contributed by atoms with E-state index in [1.54, 1.807) is 0 Å². The predicted molar refractivity (Wildman–Crippen MR) is 243 cm³/mol. The molecular weight excluding hydrogens is 1100 g/mol. The molecule has 3 heterocycles. The molecule has 3 aromatic heterocycles. The zero-order valence-electron chi connectivity index (χ0n) is 36.9. The summed E-state index contributed by atoms with van der Waals surface area (Å²) in [6.45, 7) is 0. The Balaban J connectivity index is 0.000000158. The fourth-order valence-corrected chi connectivity index (χ4v) is 16.2. The Labute approximate surface area is 414 Å². The number of benzene rings is 3. The minimum Gasteiger partial charge on any atom is -0.382 e. The Morgan fingerprint density at radius 3 is 0.778 bits per heavy atom.